The molecule has 1 fully saturated rings. The molecule has 0 spiro atoms. The average Bonchev–Trinajstić information content (AvgIpc) is 3.25. The fraction of sp³-hybridized carbons (Fsp3) is 0.500. The Morgan fingerprint density at radius 1 is 1.24 bits per heavy atom. The van der Waals surface area contributed by atoms with Crippen LogP contribution in [-0.2, 0) is 6.42 Å². The largest absolute Gasteiger partial charge is 0.383 e. The summed E-state index contributed by atoms with van der Waals surface area (Å²) in [7, 11) is 0. The van der Waals surface area contributed by atoms with Crippen molar-refractivity contribution in [1.82, 2.24) is 9.55 Å². The highest BCUT2D eigenvalue weighted by Gasteiger charge is 2.29. The first-order chi connectivity index (χ1) is 10.1. The predicted molar refractivity (Wildman–Crippen MR) is 88.4 cm³/mol. The predicted octanol–water partition coefficient (Wildman–Crippen LogP) is 4.54. The number of anilines is 1. The van der Waals surface area contributed by atoms with E-state index in [0.717, 1.165) is 35.7 Å². The Balaban J connectivity index is 1.99. The fourth-order valence-electron chi connectivity index (χ4n) is 2.87. The molecule has 3 rings (SSSR count). The van der Waals surface area contributed by atoms with E-state index in [2.05, 4.69) is 49.6 Å². The minimum Gasteiger partial charge on any atom is -0.383 e. The van der Waals surface area contributed by atoms with Crippen molar-refractivity contribution < 1.29 is 0 Å². The van der Waals surface area contributed by atoms with Crippen LogP contribution in [0.4, 0.5) is 5.82 Å². The first-order valence-corrected chi connectivity index (χ1v) is 8.08. The second-order valence-corrected chi connectivity index (χ2v) is 6.39. The highest BCUT2D eigenvalue weighted by molar-refractivity contribution is 5.71. The number of hydrogen-bond donors (Lipinski definition) is 1. The molecule has 1 saturated carbocycles. The molecule has 0 amide bonds. The van der Waals surface area contributed by atoms with Crippen molar-refractivity contribution in [3.8, 4) is 11.3 Å². The van der Waals surface area contributed by atoms with Gasteiger partial charge in [0.05, 0.1) is 0 Å². The van der Waals surface area contributed by atoms with E-state index in [1.807, 2.05) is 0 Å². The first kappa shape index (κ1) is 14.2. The molecular weight excluding hydrogens is 258 g/mol. The Morgan fingerprint density at radius 3 is 2.43 bits per heavy atom. The van der Waals surface area contributed by atoms with Gasteiger partial charge in [-0.1, -0.05) is 45.0 Å². The van der Waals surface area contributed by atoms with Crippen molar-refractivity contribution in [2.75, 3.05) is 5.73 Å². The van der Waals surface area contributed by atoms with Gasteiger partial charge in [0.25, 0.3) is 0 Å². The van der Waals surface area contributed by atoms with Gasteiger partial charge in [-0.15, -0.1) is 0 Å². The van der Waals surface area contributed by atoms with Crippen LogP contribution in [-0.4, -0.2) is 9.55 Å². The van der Waals surface area contributed by atoms with Crippen LogP contribution in [0.2, 0.25) is 0 Å². The van der Waals surface area contributed by atoms with E-state index in [1.165, 1.54) is 18.4 Å². The lowest BCUT2D eigenvalue weighted by Gasteiger charge is -2.08. The third kappa shape index (κ3) is 2.69. The lowest BCUT2D eigenvalue weighted by molar-refractivity contribution is 0.676. The second-order valence-electron chi connectivity index (χ2n) is 6.39. The summed E-state index contributed by atoms with van der Waals surface area (Å²) in [6.45, 7) is 6.62. The Kier molecular flexibility index (Phi) is 3.75. The van der Waals surface area contributed by atoms with Crippen molar-refractivity contribution in [3.63, 3.8) is 0 Å². The number of nitrogens with zero attached hydrogens (tertiary/aromatic N) is 2. The van der Waals surface area contributed by atoms with Gasteiger partial charge in [0.2, 0.25) is 0 Å². The third-order valence-corrected chi connectivity index (χ3v) is 4.26. The molecule has 1 aliphatic carbocycles. The van der Waals surface area contributed by atoms with Gasteiger partial charge in [0.15, 0.2) is 0 Å². The van der Waals surface area contributed by atoms with E-state index in [4.69, 9.17) is 10.7 Å². The number of aromatic nitrogens is 2. The van der Waals surface area contributed by atoms with Crippen molar-refractivity contribution in [2.45, 2.75) is 58.4 Å². The highest BCUT2D eigenvalue weighted by Crippen LogP contribution is 2.41. The maximum absolute atomic E-state index is 6.41. The quantitative estimate of drug-likeness (QED) is 0.875. The molecule has 0 unspecified atom stereocenters. The van der Waals surface area contributed by atoms with E-state index in [1.54, 1.807) is 0 Å². The molecule has 0 aliphatic heterocycles. The normalized spacial score (nSPS) is 14.9. The van der Waals surface area contributed by atoms with Gasteiger partial charge in [0.1, 0.15) is 17.3 Å². The summed E-state index contributed by atoms with van der Waals surface area (Å²) in [4.78, 5) is 4.84. The number of nitrogens with two attached hydrogens (primary N) is 1. The Bertz CT molecular complexity index is 619. The van der Waals surface area contributed by atoms with E-state index in [0.29, 0.717) is 12.0 Å². The van der Waals surface area contributed by atoms with Crippen molar-refractivity contribution >= 4 is 5.82 Å². The second kappa shape index (κ2) is 5.55. The molecule has 0 saturated heterocycles. The molecule has 2 aromatic rings. The summed E-state index contributed by atoms with van der Waals surface area (Å²) in [5.74, 6) is 2.55. The molecule has 1 heterocycles. The van der Waals surface area contributed by atoms with Crippen LogP contribution in [0.5, 0.6) is 0 Å². The number of rotatable bonds is 5. The summed E-state index contributed by atoms with van der Waals surface area (Å²) < 4.78 is 2.27. The van der Waals surface area contributed by atoms with Crippen LogP contribution in [0.1, 0.15) is 63.4 Å². The van der Waals surface area contributed by atoms with Crippen LogP contribution < -0.4 is 5.73 Å². The van der Waals surface area contributed by atoms with Gasteiger partial charge < -0.3 is 10.3 Å². The van der Waals surface area contributed by atoms with Crippen LogP contribution in [0.15, 0.2) is 24.3 Å². The van der Waals surface area contributed by atoms with E-state index in [9.17, 15) is 0 Å². The summed E-state index contributed by atoms with van der Waals surface area (Å²) in [6, 6.07) is 9.27. The van der Waals surface area contributed by atoms with Gasteiger partial charge in [-0.25, -0.2) is 4.98 Å². The minimum atomic E-state index is 0.552. The number of imidazole rings is 1. The average molecular weight is 283 g/mol. The van der Waals surface area contributed by atoms with E-state index >= 15 is 0 Å². The van der Waals surface area contributed by atoms with Gasteiger partial charge in [0, 0.05) is 18.0 Å². The SMILES string of the molecule is CCCc1nc(-c2ccc(C(C)C)cc2)c(N)n1C1CC1. The first-order valence-electron chi connectivity index (χ1n) is 8.08. The van der Waals surface area contributed by atoms with Gasteiger partial charge in [-0.05, 0) is 30.7 Å². The van der Waals surface area contributed by atoms with Crippen LogP contribution >= 0.6 is 0 Å². The zero-order valence-corrected chi connectivity index (χ0v) is 13.3. The summed E-state index contributed by atoms with van der Waals surface area (Å²) >= 11 is 0. The Morgan fingerprint density at radius 2 is 1.90 bits per heavy atom. The summed E-state index contributed by atoms with van der Waals surface area (Å²) in [6.07, 6.45) is 4.59. The molecule has 1 aromatic carbocycles. The number of nitrogen functional groups attached to an aromatic ring is 1. The zero-order valence-electron chi connectivity index (χ0n) is 13.3. The fourth-order valence-corrected chi connectivity index (χ4v) is 2.87. The lowest BCUT2D eigenvalue weighted by atomic mass is 10.0. The smallest absolute Gasteiger partial charge is 0.131 e. The number of aryl methyl sites for hydroxylation is 1. The molecule has 21 heavy (non-hydrogen) atoms. The maximum atomic E-state index is 6.41. The van der Waals surface area contributed by atoms with Crippen molar-refractivity contribution in [3.05, 3.63) is 35.7 Å². The zero-order chi connectivity index (χ0) is 15.0. The van der Waals surface area contributed by atoms with E-state index in [-0.39, 0.29) is 0 Å². The van der Waals surface area contributed by atoms with E-state index < -0.39 is 0 Å². The van der Waals surface area contributed by atoms with Gasteiger partial charge in [-0.3, -0.25) is 0 Å². The Hall–Kier alpha value is -1.77. The number of benzene rings is 1. The molecule has 0 atom stereocenters. The molecule has 3 nitrogen and oxygen atoms in total. The molecular formula is C18H25N3. The molecule has 1 aliphatic rings. The standard InChI is InChI=1S/C18H25N3/c1-4-5-16-20-17(18(19)21(16)15-10-11-15)14-8-6-13(7-9-14)12(2)3/h6-9,12,15H,4-5,10-11,19H2,1-3H3. The van der Waals surface area contributed by atoms with Crippen LogP contribution in [0.25, 0.3) is 11.3 Å². The lowest BCUT2D eigenvalue weighted by Crippen LogP contribution is -2.05. The highest BCUT2D eigenvalue weighted by atomic mass is 15.2. The topological polar surface area (TPSA) is 43.8 Å². The van der Waals surface area contributed by atoms with Crippen molar-refractivity contribution in [2.24, 2.45) is 0 Å². The van der Waals surface area contributed by atoms with Gasteiger partial charge >= 0.3 is 0 Å². The molecule has 2 N–H and O–H groups in total. The third-order valence-electron chi connectivity index (χ3n) is 4.26. The van der Waals surface area contributed by atoms with Gasteiger partial charge in [-0.2, -0.15) is 0 Å². The summed E-state index contributed by atoms with van der Waals surface area (Å²) in [5, 5.41) is 0. The molecule has 0 bridgehead atoms. The van der Waals surface area contributed by atoms with Crippen molar-refractivity contribution in [1.29, 1.82) is 0 Å². The van der Waals surface area contributed by atoms with Crippen LogP contribution in [0, 0.1) is 0 Å². The Labute approximate surface area is 127 Å². The monoisotopic (exact) mass is 283 g/mol. The van der Waals surface area contributed by atoms with Crippen LogP contribution in [0.3, 0.4) is 0 Å². The number of hydrogen-bond acceptors (Lipinski definition) is 2. The molecule has 112 valence electrons. The maximum Gasteiger partial charge on any atom is 0.131 e. The minimum absolute atomic E-state index is 0.552. The summed E-state index contributed by atoms with van der Waals surface area (Å²) in [5.41, 5.74) is 9.85. The molecule has 1 aromatic heterocycles. The molecule has 3 heteroatoms. The molecule has 0 radical (unpaired) electrons.